The van der Waals surface area contributed by atoms with Gasteiger partial charge in [0.1, 0.15) is 8.42 Å². The third-order valence-electron chi connectivity index (χ3n) is 3.28. The summed E-state index contributed by atoms with van der Waals surface area (Å²) < 4.78 is 47.3. The fourth-order valence-electron chi connectivity index (χ4n) is 2.27. The van der Waals surface area contributed by atoms with Crippen molar-refractivity contribution >= 4 is 31.2 Å². The van der Waals surface area contributed by atoms with Gasteiger partial charge in [-0.2, -0.15) is 0 Å². The van der Waals surface area contributed by atoms with E-state index in [4.69, 9.17) is 16.0 Å². The highest BCUT2D eigenvalue weighted by Gasteiger charge is 2.40. The molecule has 2 rings (SSSR count). The molecule has 0 aromatic carbocycles. The van der Waals surface area contributed by atoms with Crippen molar-refractivity contribution in [3.8, 4) is 0 Å². The van der Waals surface area contributed by atoms with Crippen LogP contribution in [-0.4, -0.2) is 33.8 Å². The number of thiophene rings is 1. The standard InChI is InChI=1S/C10H16N2O5S3/c11-8-4-6(2-1-3-13)19(14,15)10-7(8)5-9(18-10)20(12,16)17/h5-6,8,13H,1-4,11H2,(H2,12,16,17). The highest BCUT2D eigenvalue weighted by Crippen LogP contribution is 2.42. The predicted molar refractivity (Wildman–Crippen MR) is 74.5 cm³/mol. The van der Waals surface area contributed by atoms with Crippen molar-refractivity contribution in [2.75, 3.05) is 6.61 Å². The maximum absolute atomic E-state index is 12.4. The van der Waals surface area contributed by atoms with Crippen molar-refractivity contribution in [1.29, 1.82) is 0 Å². The van der Waals surface area contributed by atoms with E-state index in [0.29, 0.717) is 29.7 Å². The molecule has 0 radical (unpaired) electrons. The summed E-state index contributed by atoms with van der Waals surface area (Å²) in [5.41, 5.74) is 6.25. The number of sulfone groups is 1. The van der Waals surface area contributed by atoms with E-state index in [2.05, 4.69) is 0 Å². The van der Waals surface area contributed by atoms with Crippen molar-refractivity contribution in [2.24, 2.45) is 10.9 Å². The van der Waals surface area contributed by atoms with E-state index in [1.54, 1.807) is 0 Å². The van der Waals surface area contributed by atoms with Crippen LogP contribution < -0.4 is 10.9 Å². The van der Waals surface area contributed by atoms with Gasteiger partial charge in [0.15, 0.2) is 9.84 Å². The third kappa shape index (κ3) is 2.76. The molecule has 0 spiro atoms. The van der Waals surface area contributed by atoms with Gasteiger partial charge in [0.05, 0.1) is 5.25 Å². The van der Waals surface area contributed by atoms with Crippen molar-refractivity contribution in [3.05, 3.63) is 11.6 Å². The van der Waals surface area contributed by atoms with Gasteiger partial charge in [0.2, 0.25) is 10.0 Å². The molecule has 1 aromatic rings. The topological polar surface area (TPSA) is 141 Å². The third-order valence-corrected chi connectivity index (χ3v) is 8.65. The zero-order valence-electron chi connectivity index (χ0n) is 10.5. The maximum Gasteiger partial charge on any atom is 0.247 e. The van der Waals surface area contributed by atoms with Gasteiger partial charge in [-0.25, -0.2) is 22.0 Å². The van der Waals surface area contributed by atoms with Crippen LogP contribution in [0.25, 0.3) is 0 Å². The second-order valence-electron chi connectivity index (χ2n) is 4.73. The van der Waals surface area contributed by atoms with Gasteiger partial charge in [-0.15, -0.1) is 11.3 Å². The Balaban J connectivity index is 2.51. The molecule has 0 bridgehead atoms. The van der Waals surface area contributed by atoms with Crippen LogP contribution in [0.3, 0.4) is 0 Å². The molecule has 0 saturated heterocycles. The van der Waals surface area contributed by atoms with Gasteiger partial charge in [-0.1, -0.05) is 0 Å². The van der Waals surface area contributed by atoms with Crippen LogP contribution in [0.5, 0.6) is 0 Å². The molecule has 1 aliphatic rings. The predicted octanol–water partition coefficient (Wildman–Crippen LogP) is -0.286. The number of nitrogens with two attached hydrogens (primary N) is 2. The molecule has 0 fully saturated rings. The number of hydrogen-bond donors (Lipinski definition) is 3. The zero-order valence-corrected chi connectivity index (χ0v) is 13.0. The minimum absolute atomic E-state index is 0.0109. The fraction of sp³-hybridized carbons (Fsp3) is 0.600. The second-order valence-corrected chi connectivity index (χ2v) is 9.99. The Labute approximate surface area is 121 Å². The van der Waals surface area contributed by atoms with Gasteiger partial charge in [0, 0.05) is 12.6 Å². The van der Waals surface area contributed by atoms with Crippen LogP contribution in [-0.2, 0) is 19.9 Å². The number of fused-ring (bicyclic) bond motifs is 1. The van der Waals surface area contributed by atoms with E-state index in [-0.39, 0.29) is 21.4 Å². The molecule has 1 aliphatic heterocycles. The summed E-state index contributed by atoms with van der Waals surface area (Å²) in [6.45, 7) is -0.0962. The Kier molecular flexibility index (Phi) is 4.24. The summed E-state index contributed by atoms with van der Waals surface area (Å²) in [6, 6.07) is 0.712. The first-order valence-corrected chi connectivity index (χ1v) is 9.85. The minimum Gasteiger partial charge on any atom is -0.396 e. The van der Waals surface area contributed by atoms with E-state index in [0.717, 1.165) is 0 Å². The molecule has 2 atom stereocenters. The lowest BCUT2D eigenvalue weighted by Gasteiger charge is -2.26. The van der Waals surface area contributed by atoms with Gasteiger partial charge in [-0.3, -0.25) is 0 Å². The number of rotatable bonds is 4. The van der Waals surface area contributed by atoms with E-state index in [9.17, 15) is 16.8 Å². The van der Waals surface area contributed by atoms with Crippen molar-refractivity contribution in [3.63, 3.8) is 0 Å². The highest BCUT2D eigenvalue weighted by molar-refractivity contribution is 7.95. The Morgan fingerprint density at radius 1 is 1.45 bits per heavy atom. The monoisotopic (exact) mass is 340 g/mol. The molecule has 2 heterocycles. The Hall–Kier alpha value is -0.520. The Morgan fingerprint density at radius 3 is 2.65 bits per heavy atom. The SMILES string of the molecule is NC1CC(CCCO)S(=O)(=O)c2sc(S(N)(=O)=O)cc21. The van der Waals surface area contributed by atoms with Crippen molar-refractivity contribution in [2.45, 2.75) is 39.0 Å². The molecule has 2 unspecified atom stereocenters. The minimum atomic E-state index is -3.95. The van der Waals surface area contributed by atoms with Gasteiger partial charge in [0.25, 0.3) is 0 Å². The van der Waals surface area contributed by atoms with E-state index >= 15 is 0 Å². The molecule has 114 valence electrons. The van der Waals surface area contributed by atoms with Crippen LogP contribution in [0.15, 0.2) is 14.5 Å². The maximum atomic E-state index is 12.4. The first-order valence-electron chi connectivity index (χ1n) is 5.94. The molecule has 0 amide bonds. The van der Waals surface area contributed by atoms with Crippen molar-refractivity contribution < 1.29 is 21.9 Å². The highest BCUT2D eigenvalue weighted by atomic mass is 32.3. The van der Waals surface area contributed by atoms with Crippen LogP contribution in [0.4, 0.5) is 0 Å². The summed E-state index contributed by atoms with van der Waals surface area (Å²) in [5.74, 6) is 0. The second kappa shape index (κ2) is 5.35. The largest absolute Gasteiger partial charge is 0.396 e. The van der Waals surface area contributed by atoms with Gasteiger partial charge < -0.3 is 10.8 Å². The molecule has 20 heavy (non-hydrogen) atoms. The molecule has 5 N–H and O–H groups in total. The average Bonchev–Trinajstić information content (AvgIpc) is 2.78. The lowest BCUT2D eigenvalue weighted by molar-refractivity contribution is 0.281. The normalized spacial score (nSPS) is 25.4. The molecule has 1 aromatic heterocycles. The molecule has 0 saturated carbocycles. The molecule has 7 nitrogen and oxygen atoms in total. The van der Waals surface area contributed by atoms with Crippen LogP contribution in [0.1, 0.15) is 30.9 Å². The molecule has 10 heteroatoms. The Bertz CT molecular complexity index is 707. The number of aliphatic hydroxyl groups is 1. The first-order chi connectivity index (χ1) is 9.17. The number of hydrogen-bond acceptors (Lipinski definition) is 7. The van der Waals surface area contributed by atoms with Crippen LogP contribution >= 0.6 is 11.3 Å². The summed E-state index contributed by atoms with van der Waals surface area (Å²) >= 11 is 0.647. The smallest absolute Gasteiger partial charge is 0.247 e. The van der Waals surface area contributed by atoms with E-state index < -0.39 is 31.2 Å². The Morgan fingerprint density at radius 2 is 2.10 bits per heavy atom. The fourth-order valence-corrected chi connectivity index (χ4v) is 7.05. The summed E-state index contributed by atoms with van der Waals surface area (Å²) in [7, 11) is -7.57. The lowest BCUT2D eigenvalue weighted by Crippen LogP contribution is -2.32. The van der Waals surface area contributed by atoms with E-state index in [1.165, 1.54) is 6.07 Å². The summed E-state index contributed by atoms with van der Waals surface area (Å²) in [5, 5.41) is 13.2. The van der Waals surface area contributed by atoms with Crippen LogP contribution in [0, 0.1) is 0 Å². The number of aliphatic hydroxyl groups excluding tert-OH is 1. The molecular formula is C10H16N2O5S3. The molecular weight excluding hydrogens is 324 g/mol. The lowest BCUT2D eigenvalue weighted by atomic mass is 10.0. The van der Waals surface area contributed by atoms with Crippen LogP contribution in [0.2, 0.25) is 0 Å². The summed E-state index contributed by atoms with van der Waals surface area (Å²) in [4.78, 5) is 0. The zero-order chi connectivity index (χ0) is 15.1. The number of sulfonamides is 1. The molecule has 0 aliphatic carbocycles. The quantitative estimate of drug-likeness (QED) is 0.688. The van der Waals surface area contributed by atoms with Crippen molar-refractivity contribution in [1.82, 2.24) is 0 Å². The average molecular weight is 340 g/mol. The first kappa shape index (κ1) is 15.9. The van der Waals surface area contributed by atoms with E-state index in [1.807, 2.05) is 0 Å². The van der Waals surface area contributed by atoms with Gasteiger partial charge >= 0.3 is 0 Å². The number of primary sulfonamides is 1. The summed E-state index contributed by atoms with van der Waals surface area (Å²) in [6.07, 6.45) is 0.879. The van der Waals surface area contributed by atoms with Gasteiger partial charge in [-0.05, 0) is 30.9 Å².